The summed E-state index contributed by atoms with van der Waals surface area (Å²) in [5.74, 6) is -0.297. The van der Waals surface area contributed by atoms with Crippen LogP contribution in [0.3, 0.4) is 0 Å². The van der Waals surface area contributed by atoms with Gasteiger partial charge in [-0.1, -0.05) is 38.3 Å². The number of carbonyl (C=O) groups is 3. The molecule has 5 heteroatoms. The Kier molecular flexibility index (Phi) is 8.40. The van der Waals surface area contributed by atoms with Crippen LogP contribution in [-0.4, -0.2) is 31.3 Å². The summed E-state index contributed by atoms with van der Waals surface area (Å²) in [5, 5.41) is 0. The Morgan fingerprint density at radius 2 is 1.29 bits per heavy atom. The average Bonchev–Trinajstić information content (AvgIpc) is 2.73. The highest BCUT2D eigenvalue weighted by Gasteiger charge is 2.15. The van der Waals surface area contributed by atoms with E-state index in [9.17, 15) is 14.4 Å². The maximum atomic E-state index is 12.4. The monoisotopic (exact) mass is 382 g/mol. The molecule has 0 aromatic heterocycles. The Morgan fingerprint density at radius 3 is 1.82 bits per heavy atom. The van der Waals surface area contributed by atoms with Crippen molar-refractivity contribution in [1.82, 2.24) is 0 Å². The molecule has 0 saturated carbocycles. The van der Waals surface area contributed by atoms with Crippen LogP contribution in [0.15, 0.2) is 48.5 Å². The Bertz CT molecular complexity index is 791. The van der Waals surface area contributed by atoms with E-state index in [1.165, 1.54) is 44.2 Å². The third-order valence-electron chi connectivity index (χ3n) is 4.39. The number of benzene rings is 2. The second-order valence-electron chi connectivity index (χ2n) is 6.53. The second-order valence-corrected chi connectivity index (χ2v) is 6.53. The Morgan fingerprint density at radius 1 is 0.750 bits per heavy atom. The van der Waals surface area contributed by atoms with Gasteiger partial charge in [0.25, 0.3) is 0 Å². The molecule has 0 saturated heterocycles. The first-order chi connectivity index (χ1) is 13.5. The first-order valence-corrected chi connectivity index (χ1v) is 9.52. The van der Waals surface area contributed by atoms with Crippen molar-refractivity contribution in [3.8, 4) is 5.75 Å². The van der Waals surface area contributed by atoms with Crippen LogP contribution in [-0.2, 0) is 4.74 Å². The summed E-state index contributed by atoms with van der Waals surface area (Å²) >= 11 is 0. The molecule has 0 spiro atoms. The van der Waals surface area contributed by atoms with Crippen molar-refractivity contribution in [2.45, 2.75) is 39.0 Å². The highest BCUT2D eigenvalue weighted by atomic mass is 16.5. The standard InChI is InChI=1S/C23H26O5/c1-3-4-5-6-15-28-20-13-11-18(12-14-20)22(25)16-21(24)17-7-9-19(10-8-17)23(26)27-2/h7-14H,3-6,15-16H2,1-2H3. The predicted octanol–water partition coefficient (Wildman–Crippen LogP) is 4.89. The number of hydrogen-bond acceptors (Lipinski definition) is 5. The minimum atomic E-state index is -0.470. The topological polar surface area (TPSA) is 69.7 Å². The molecular weight excluding hydrogens is 356 g/mol. The molecule has 28 heavy (non-hydrogen) atoms. The average molecular weight is 382 g/mol. The normalized spacial score (nSPS) is 10.4. The lowest BCUT2D eigenvalue weighted by atomic mass is 10.0. The number of carbonyl (C=O) groups excluding carboxylic acids is 3. The molecule has 0 radical (unpaired) electrons. The molecule has 5 nitrogen and oxygen atoms in total. The summed E-state index contributed by atoms with van der Waals surface area (Å²) in [4.78, 5) is 36.1. The van der Waals surface area contributed by atoms with E-state index in [1.54, 1.807) is 24.3 Å². The van der Waals surface area contributed by atoms with Crippen LogP contribution >= 0.6 is 0 Å². The Labute approximate surface area is 165 Å². The molecule has 0 heterocycles. The lowest BCUT2D eigenvalue weighted by Gasteiger charge is -2.07. The van der Waals surface area contributed by atoms with Crippen LogP contribution in [0, 0.1) is 0 Å². The first-order valence-electron chi connectivity index (χ1n) is 9.52. The van der Waals surface area contributed by atoms with Crippen LogP contribution in [0.1, 0.15) is 70.1 Å². The molecule has 2 rings (SSSR count). The molecule has 0 amide bonds. The summed E-state index contributed by atoms with van der Waals surface area (Å²) in [6.07, 6.45) is 4.32. The third-order valence-corrected chi connectivity index (χ3v) is 4.39. The van der Waals surface area contributed by atoms with Crippen molar-refractivity contribution in [1.29, 1.82) is 0 Å². The van der Waals surface area contributed by atoms with E-state index in [4.69, 9.17) is 4.74 Å². The number of hydrogen-bond donors (Lipinski definition) is 0. The summed E-state index contributed by atoms with van der Waals surface area (Å²) in [6, 6.07) is 12.9. The molecular formula is C23H26O5. The second kappa shape index (κ2) is 11.0. The maximum absolute atomic E-state index is 12.4. The zero-order valence-electron chi connectivity index (χ0n) is 16.4. The number of rotatable bonds is 11. The van der Waals surface area contributed by atoms with Crippen LogP contribution in [0.2, 0.25) is 0 Å². The summed E-state index contributed by atoms with van der Waals surface area (Å²) < 4.78 is 10.3. The molecule has 0 aliphatic carbocycles. The van der Waals surface area contributed by atoms with Crippen LogP contribution in [0.5, 0.6) is 5.75 Å². The van der Waals surface area contributed by atoms with Gasteiger partial charge in [-0.15, -0.1) is 0 Å². The fraction of sp³-hybridized carbons (Fsp3) is 0.348. The minimum absolute atomic E-state index is 0.227. The molecule has 0 aliphatic rings. The molecule has 0 atom stereocenters. The fourth-order valence-corrected chi connectivity index (χ4v) is 2.72. The van der Waals surface area contributed by atoms with Gasteiger partial charge >= 0.3 is 5.97 Å². The number of unbranched alkanes of at least 4 members (excludes halogenated alkanes) is 3. The van der Waals surface area contributed by atoms with Crippen molar-refractivity contribution >= 4 is 17.5 Å². The van der Waals surface area contributed by atoms with Gasteiger partial charge in [0.15, 0.2) is 11.6 Å². The van der Waals surface area contributed by atoms with Gasteiger partial charge in [0.1, 0.15) is 5.75 Å². The van der Waals surface area contributed by atoms with Crippen LogP contribution in [0.4, 0.5) is 0 Å². The number of Topliss-reactive ketones (excluding diaryl/α,β-unsaturated/α-hetero) is 2. The van der Waals surface area contributed by atoms with Crippen molar-refractivity contribution in [3.05, 3.63) is 65.2 Å². The number of ketones is 2. The van der Waals surface area contributed by atoms with E-state index >= 15 is 0 Å². The van der Waals surface area contributed by atoms with Gasteiger partial charge in [0.05, 0.1) is 25.7 Å². The Balaban J connectivity index is 1.88. The number of esters is 1. The zero-order valence-corrected chi connectivity index (χ0v) is 16.4. The van der Waals surface area contributed by atoms with Gasteiger partial charge in [-0.25, -0.2) is 4.79 Å². The van der Waals surface area contributed by atoms with E-state index < -0.39 is 5.97 Å². The van der Waals surface area contributed by atoms with Crippen LogP contribution < -0.4 is 4.74 Å². The van der Waals surface area contributed by atoms with Crippen molar-refractivity contribution in [2.75, 3.05) is 13.7 Å². The van der Waals surface area contributed by atoms with Gasteiger partial charge in [0, 0.05) is 11.1 Å². The van der Waals surface area contributed by atoms with Crippen molar-refractivity contribution < 1.29 is 23.9 Å². The van der Waals surface area contributed by atoms with Gasteiger partial charge in [0.2, 0.25) is 0 Å². The largest absolute Gasteiger partial charge is 0.494 e. The number of methoxy groups -OCH3 is 1. The van der Waals surface area contributed by atoms with Gasteiger partial charge < -0.3 is 9.47 Å². The smallest absolute Gasteiger partial charge is 0.337 e. The van der Waals surface area contributed by atoms with Crippen molar-refractivity contribution in [2.24, 2.45) is 0 Å². The molecule has 2 aromatic rings. The van der Waals surface area contributed by atoms with Crippen molar-refractivity contribution in [3.63, 3.8) is 0 Å². The summed E-state index contributed by atoms with van der Waals surface area (Å²) in [6.45, 7) is 2.83. The predicted molar refractivity (Wildman–Crippen MR) is 107 cm³/mol. The molecule has 0 bridgehead atoms. The summed E-state index contributed by atoms with van der Waals surface area (Å²) in [7, 11) is 1.29. The highest BCUT2D eigenvalue weighted by molar-refractivity contribution is 6.13. The van der Waals surface area contributed by atoms with E-state index in [-0.39, 0.29) is 18.0 Å². The molecule has 2 aromatic carbocycles. The Hall–Kier alpha value is -2.95. The number of ether oxygens (including phenoxy) is 2. The zero-order chi connectivity index (χ0) is 20.4. The molecule has 0 N–H and O–H groups in total. The first kappa shape index (κ1) is 21.4. The fourth-order valence-electron chi connectivity index (χ4n) is 2.72. The lowest BCUT2D eigenvalue weighted by molar-refractivity contribution is 0.0600. The molecule has 0 fully saturated rings. The summed E-state index contributed by atoms with van der Waals surface area (Å²) in [5.41, 5.74) is 1.21. The lowest BCUT2D eigenvalue weighted by Crippen LogP contribution is -2.09. The van der Waals surface area contributed by atoms with E-state index in [2.05, 4.69) is 11.7 Å². The SMILES string of the molecule is CCCCCCOc1ccc(C(=O)CC(=O)c2ccc(C(=O)OC)cc2)cc1. The highest BCUT2D eigenvalue weighted by Crippen LogP contribution is 2.16. The van der Waals surface area contributed by atoms with E-state index in [0.717, 1.165) is 18.6 Å². The minimum Gasteiger partial charge on any atom is -0.494 e. The quantitative estimate of drug-likeness (QED) is 0.240. The molecule has 148 valence electrons. The third kappa shape index (κ3) is 6.34. The van der Waals surface area contributed by atoms with Gasteiger partial charge in [-0.3, -0.25) is 9.59 Å². The molecule has 0 aliphatic heterocycles. The van der Waals surface area contributed by atoms with E-state index in [1.807, 2.05) is 0 Å². The van der Waals surface area contributed by atoms with Crippen LogP contribution in [0.25, 0.3) is 0 Å². The maximum Gasteiger partial charge on any atom is 0.337 e. The van der Waals surface area contributed by atoms with Gasteiger partial charge in [-0.05, 0) is 42.8 Å². The van der Waals surface area contributed by atoms with Gasteiger partial charge in [-0.2, -0.15) is 0 Å². The van der Waals surface area contributed by atoms with E-state index in [0.29, 0.717) is 23.3 Å². The molecule has 0 unspecified atom stereocenters.